The highest BCUT2D eigenvalue weighted by molar-refractivity contribution is 7.10. The zero-order valence-electron chi connectivity index (χ0n) is 10.6. The van der Waals surface area contributed by atoms with Crippen LogP contribution in [0, 0.1) is 0 Å². The number of aryl methyl sites for hydroxylation is 1. The fourth-order valence-corrected chi connectivity index (χ4v) is 2.49. The smallest absolute Gasteiger partial charge is 0.0896 e. The molecule has 0 unspecified atom stereocenters. The van der Waals surface area contributed by atoms with Crippen molar-refractivity contribution < 1.29 is 5.11 Å². The van der Waals surface area contributed by atoms with Crippen molar-refractivity contribution in [2.75, 3.05) is 0 Å². The first-order valence-electron chi connectivity index (χ1n) is 5.95. The fraction of sp³-hybridized carbons (Fsp3) is 0.500. The van der Waals surface area contributed by atoms with E-state index in [9.17, 15) is 5.11 Å². The molecule has 2 heterocycles. The molecule has 0 aliphatic rings. The molecule has 2 N–H and O–H groups in total. The standard InChI is InChI=1S/C12H18N4OS/c1-9(6-11(17)12-4-3-5-18-12)13-7-10-8-14-15-16(10)2/h3-5,8-9,11,13,17H,6-7H2,1-2H3/t9-,11-/m0/s1. The third-order valence-electron chi connectivity index (χ3n) is 2.89. The second-order valence-corrected chi connectivity index (χ2v) is 5.38. The lowest BCUT2D eigenvalue weighted by atomic mass is 10.1. The van der Waals surface area contributed by atoms with Gasteiger partial charge < -0.3 is 10.4 Å². The molecule has 2 aromatic rings. The third-order valence-corrected chi connectivity index (χ3v) is 3.86. The van der Waals surface area contributed by atoms with Crippen LogP contribution in [0.2, 0.25) is 0 Å². The molecule has 0 amide bonds. The van der Waals surface area contributed by atoms with E-state index in [0.29, 0.717) is 13.0 Å². The van der Waals surface area contributed by atoms with E-state index >= 15 is 0 Å². The fourth-order valence-electron chi connectivity index (χ4n) is 1.77. The van der Waals surface area contributed by atoms with E-state index in [1.54, 1.807) is 22.2 Å². The maximum Gasteiger partial charge on any atom is 0.0896 e. The molecule has 2 aromatic heterocycles. The summed E-state index contributed by atoms with van der Waals surface area (Å²) in [6.07, 6.45) is 2.05. The van der Waals surface area contributed by atoms with Gasteiger partial charge in [-0.15, -0.1) is 16.4 Å². The molecule has 6 heteroatoms. The Hall–Kier alpha value is -1.24. The number of rotatable bonds is 6. The average Bonchev–Trinajstić information content (AvgIpc) is 2.97. The minimum Gasteiger partial charge on any atom is -0.388 e. The highest BCUT2D eigenvalue weighted by Crippen LogP contribution is 2.22. The van der Waals surface area contributed by atoms with Gasteiger partial charge in [0.05, 0.1) is 18.0 Å². The minimum atomic E-state index is -0.392. The van der Waals surface area contributed by atoms with Gasteiger partial charge in [-0.2, -0.15) is 0 Å². The number of hydrogen-bond donors (Lipinski definition) is 2. The van der Waals surface area contributed by atoms with Crippen LogP contribution < -0.4 is 5.32 Å². The van der Waals surface area contributed by atoms with Crippen LogP contribution in [0.5, 0.6) is 0 Å². The van der Waals surface area contributed by atoms with E-state index in [4.69, 9.17) is 0 Å². The summed E-state index contributed by atoms with van der Waals surface area (Å²) >= 11 is 1.59. The Morgan fingerprint density at radius 1 is 1.56 bits per heavy atom. The number of aliphatic hydroxyl groups is 1. The van der Waals surface area contributed by atoms with Crippen LogP contribution in [-0.4, -0.2) is 26.1 Å². The second kappa shape index (κ2) is 6.08. The Labute approximate surface area is 110 Å². The highest BCUT2D eigenvalue weighted by atomic mass is 32.1. The van der Waals surface area contributed by atoms with Crippen molar-refractivity contribution >= 4 is 11.3 Å². The summed E-state index contributed by atoms with van der Waals surface area (Å²) in [7, 11) is 1.87. The van der Waals surface area contributed by atoms with Gasteiger partial charge in [-0.1, -0.05) is 11.3 Å². The SMILES string of the molecule is C[C@@H](C[C@H](O)c1cccs1)NCc1cnnn1C. The predicted octanol–water partition coefficient (Wildman–Crippen LogP) is 1.48. The van der Waals surface area contributed by atoms with Crippen LogP contribution in [0.1, 0.15) is 30.0 Å². The van der Waals surface area contributed by atoms with Gasteiger partial charge in [-0.05, 0) is 24.8 Å². The van der Waals surface area contributed by atoms with Crippen LogP contribution in [0.4, 0.5) is 0 Å². The van der Waals surface area contributed by atoms with Crippen molar-refractivity contribution in [2.24, 2.45) is 7.05 Å². The summed E-state index contributed by atoms with van der Waals surface area (Å²) in [6, 6.07) is 4.16. The van der Waals surface area contributed by atoms with E-state index in [2.05, 4.69) is 22.6 Å². The maximum absolute atomic E-state index is 10.0. The summed E-state index contributed by atoms with van der Waals surface area (Å²) in [5.74, 6) is 0. The molecule has 0 saturated carbocycles. The highest BCUT2D eigenvalue weighted by Gasteiger charge is 2.13. The maximum atomic E-state index is 10.0. The molecule has 5 nitrogen and oxygen atoms in total. The van der Waals surface area contributed by atoms with E-state index in [1.807, 2.05) is 24.6 Å². The predicted molar refractivity (Wildman–Crippen MR) is 71.2 cm³/mol. The molecule has 2 rings (SSSR count). The number of aromatic nitrogens is 3. The molecule has 0 aliphatic carbocycles. The molecule has 0 saturated heterocycles. The van der Waals surface area contributed by atoms with Crippen LogP contribution in [0.3, 0.4) is 0 Å². The molecule has 0 radical (unpaired) electrons. The summed E-state index contributed by atoms with van der Waals surface area (Å²) in [6.45, 7) is 2.78. The molecule has 2 atom stereocenters. The first-order chi connectivity index (χ1) is 8.66. The zero-order valence-corrected chi connectivity index (χ0v) is 11.4. The number of thiophene rings is 1. The Balaban J connectivity index is 1.79. The van der Waals surface area contributed by atoms with Crippen molar-refractivity contribution in [3.63, 3.8) is 0 Å². The summed E-state index contributed by atoms with van der Waals surface area (Å²) < 4.78 is 1.75. The minimum absolute atomic E-state index is 0.233. The largest absolute Gasteiger partial charge is 0.388 e. The van der Waals surface area contributed by atoms with Gasteiger partial charge in [0.1, 0.15) is 0 Å². The topological polar surface area (TPSA) is 63.0 Å². The molecule has 18 heavy (non-hydrogen) atoms. The van der Waals surface area contributed by atoms with Gasteiger partial charge in [0.15, 0.2) is 0 Å². The zero-order chi connectivity index (χ0) is 13.0. The van der Waals surface area contributed by atoms with Crippen molar-refractivity contribution in [3.8, 4) is 0 Å². The first-order valence-corrected chi connectivity index (χ1v) is 6.83. The van der Waals surface area contributed by atoms with Crippen molar-refractivity contribution in [3.05, 3.63) is 34.3 Å². The van der Waals surface area contributed by atoms with Gasteiger partial charge in [0, 0.05) is 24.5 Å². The van der Waals surface area contributed by atoms with Gasteiger partial charge in [-0.25, -0.2) is 0 Å². The third kappa shape index (κ3) is 3.38. The van der Waals surface area contributed by atoms with Crippen molar-refractivity contribution in [1.82, 2.24) is 20.3 Å². The van der Waals surface area contributed by atoms with E-state index in [-0.39, 0.29) is 6.04 Å². The van der Waals surface area contributed by atoms with Gasteiger partial charge >= 0.3 is 0 Å². The summed E-state index contributed by atoms with van der Waals surface area (Å²) in [4.78, 5) is 1.02. The second-order valence-electron chi connectivity index (χ2n) is 4.40. The van der Waals surface area contributed by atoms with Crippen LogP contribution in [-0.2, 0) is 13.6 Å². The lowest BCUT2D eigenvalue weighted by Crippen LogP contribution is -2.28. The summed E-state index contributed by atoms with van der Waals surface area (Å²) in [5.41, 5.74) is 1.03. The number of hydrogen-bond acceptors (Lipinski definition) is 5. The Bertz CT molecular complexity index is 468. The van der Waals surface area contributed by atoms with E-state index < -0.39 is 6.10 Å². The van der Waals surface area contributed by atoms with Gasteiger partial charge in [0.25, 0.3) is 0 Å². The monoisotopic (exact) mass is 266 g/mol. The van der Waals surface area contributed by atoms with Crippen LogP contribution >= 0.6 is 11.3 Å². The Morgan fingerprint density at radius 3 is 3.00 bits per heavy atom. The van der Waals surface area contributed by atoms with Crippen molar-refractivity contribution in [1.29, 1.82) is 0 Å². The lowest BCUT2D eigenvalue weighted by molar-refractivity contribution is 0.157. The molecule has 0 bridgehead atoms. The molecule has 98 valence electrons. The first kappa shape index (κ1) is 13.2. The van der Waals surface area contributed by atoms with Crippen LogP contribution in [0.15, 0.2) is 23.7 Å². The number of nitrogens with one attached hydrogen (secondary N) is 1. The lowest BCUT2D eigenvalue weighted by Gasteiger charge is -2.17. The quantitative estimate of drug-likeness (QED) is 0.831. The van der Waals surface area contributed by atoms with Crippen LogP contribution in [0.25, 0.3) is 0 Å². The normalized spacial score (nSPS) is 14.6. The Morgan fingerprint density at radius 2 is 2.39 bits per heavy atom. The van der Waals surface area contributed by atoms with Gasteiger partial charge in [0.2, 0.25) is 0 Å². The molecule has 0 aliphatic heterocycles. The molecular weight excluding hydrogens is 248 g/mol. The molecule has 0 fully saturated rings. The average molecular weight is 266 g/mol. The summed E-state index contributed by atoms with van der Waals surface area (Å²) in [5, 5.41) is 23.1. The van der Waals surface area contributed by atoms with E-state index in [1.165, 1.54) is 0 Å². The van der Waals surface area contributed by atoms with Crippen molar-refractivity contribution in [2.45, 2.75) is 32.0 Å². The number of nitrogens with zero attached hydrogens (tertiary/aromatic N) is 3. The molecule has 0 aromatic carbocycles. The Kier molecular flexibility index (Phi) is 4.46. The number of aliphatic hydroxyl groups excluding tert-OH is 1. The van der Waals surface area contributed by atoms with Gasteiger partial charge in [-0.3, -0.25) is 4.68 Å². The molecular formula is C12H18N4OS. The molecule has 0 spiro atoms. The van der Waals surface area contributed by atoms with E-state index in [0.717, 1.165) is 10.6 Å².